The highest BCUT2D eigenvalue weighted by Gasteiger charge is 2.20. The first-order valence-corrected chi connectivity index (χ1v) is 8.99. The summed E-state index contributed by atoms with van der Waals surface area (Å²) >= 11 is 0. The van der Waals surface area contributed by atoms with Crippen molar-refractivity contribution in [3.63, 3.8) is 0 Å². The maximum Gasteiger partial charge on any atom is -0.0322 e. The number of hydrogen-bond acceptors (Lipinski definition) is 0. The van der Waals surface area contributed by atoms with E-state index in [2.05, 4.69) is 19.1 Å². The van der Waals surface area contributed by atoms with Gasteiger partial charge in [0.15, 0.2) is 0 Å². The Morgan fingerprint density at radius 2 is 1.32 bits per heavy atom. The van der Waals surface area contributed by atoms with Crippen LogP contribution < -0.4 is 0 Å². The Bertz CT molecular complexity index is 239. The third-order valence-corrected chi connectivity index (χ3v) is 5.62. The van der Waals surface area contributed by atoms with Gasteiger partial charge in [0.1, 0.15) is 0 Å². The maximum absolute atomic E-state index is 2.37. The summed E-state index contributed by atoms with van der Waals surface area (Å²) in [4.78, 5) is 0. The average molecular weight is 262 g/mol. The summed E-state index contributed by atoms with van der Waals surface area (Å²) in [6, 6.07) is 0. The molecule has 19 heavy (non-hydrogen) atoms. The molecule has 2 aliphatic carbocycles. The van der Waals surface area contributed by atoms with Crippen LogP contribution in [0.2, 0.25) is 0 Å². The smallest absolute Gasteiger partial charge is 0.0322 e. The Hall–Kier alpha value is -0.260. The summed E-state index contributed by atoms with van der Waals surface area (Å²) in [6.45, 7) is 2.15. The van der Waals surface area contributed by atoms with E-state index in [9.17, 15) is 0 Å². The van der Waals surface area contributed by atoms with Crippen molar-refractivity contribution in [1.29, 1.82) is 0 Å². The predicted octanol–water partition coefficient (Wildman–Crippen LogP) is 6.51. The first-order valence-electron chi connectivity index (χ1n) is 8.99. The van der Waals surface area contributed by atoms with Gasteiger partial charge in [-0.1, -0.05) is 76.4 Å². The number of hydrogen-bond donors (Lipinski definition) is 0. The topological polar surface area (TPSA) is 0 Å². The average Bonchev–Trinajstić information content (AvgIpc) is 2.47. The highest BCUT2D eigenvalue weighted by molar-refractivity contribution is 4.83. The van der Waals surface area contributed by atoms with Crippen LogP contribution in [-0.2, 0) is 0 Å². The van der Waals surface area contributed by atoms with Gasteiger partial charge in [-0.15, -0.1) is 0 Å². The monoisotopic (exact) mass is 262 g/mol. The van der Waals surface area contributed by atoms with Gasteiger partial charge in [0.2, 0.25) is 0 Å². The lowest BCUT2D eigenvalue weighted by Gasteiger charge is -2.28. The van der Waals surface area contributed by atoms with E-state index in [4.69, 9.17) is 0 Å². The summed E-state index contributed by atoms with van der Waals surface area (Å²) in [7, 11) is 0. The SMILES string of the molecule is C/C=C/CC1CCC(CCCC2CCCCC2)CC1. The van der Waals surface area contributed by atoms with Crippen LogP contribution in [0.5, 0.6) is 0 Å². The molecule has 0 aliphatic heterocycles. The summed E-state index contributed by atoms with van der Waals surface area (Å²) in [5, 5.41) is 0. The van der Waals surface area contributed by atoms with Crippen LogP contribution in [-0.4, -0.2) is 0 Å². The minimum atomic E-state index is 1.01. The van der Waals surface area contributed by atoms with Crippen molar-refractivity contribution in [2.75, 3.05) is 0 Å². The standard InChI is InChI=1S/C19H34/c1-2-3-8-18-13-15-19(16-14-18)12-7-11-17-9-5-4-6-10-17/h2-3,17-19H,4-16H2,1H3/b3-2+. The van der Waals surface area contributed by atoms with Gasteiger partial charge in [-0.3, -0.25) is 0 Å². The van der Waals surface area contributed by atoms with Crippen LogP contribution >= 0.6 is 0 Å². The zero-order valence-electron chi connectivity index (χ0n) is 13.1. The van der Waals surface area contributed by atoms with Crippen LogP contribution in [0, 0.1) is 17.8 Å². The third-order valence-electron chi connectivity index (χ3n) is 5.62. The zero-order valence-corrected chi connectivity index (χ0v) is 13.1. The van der Waals surface area contributed by atoms with E-state index in [1.165, 1.54) is 77.0 Å². The Kier molecular flexibility index (Phi) is 7.03. The Labute approximate surface area is 121 Å². The lowest BCUT2D eigenvalue weighted by molar-refractivity contribution is 0.248. The molecule has 110 valence electrons. The second kappa shape index (κ2) is 8.82. The van der Waals surface area contributed by atoms with E-state index in [1.807, 2.05) is 0 Å². The summed E-state index contributed by atoms with van der Waals surface area (Å²) < 4.78 is 0. The van der Waals surface area contributed by atoms with E-state index in [0.29, 0.717) is 0 Å². The highest BCUT2D eigenvalue weighted by atomic mass is 14.3. The van der Waals surface area contributed by atoms with E-state index < -0.39 is 0 Å². The normalized spacial score (nSPS) is 29.9. The van der Waals surface area contributed by atoms with Crippen LogP contribution in [0.15, 0.2) is 12.2 Å². The molecule has 0 aromatic carbocycles. The summed E-state index contributed by atoms with van der Waals surface area (Å²) in [6.07, 6.45) is 24.2. The predicted molar refractivity (Wildman–Crippen MR) is 85.3 cm³/mol. The molecule has 0 bridgehead atoms. The Morgan fingerprint density at radius 1 is 0.737 bits per heavy atom. The molecular weight excluding hydrogens is 228 g/mol. The fourth-order valence-electron chi connectivity index (χ4n) is 4.26. The van der Waals surface area contributed by atoms with Crippen molar-refractivity contribution in [1.82, 2.24) is 0 Å². The molecule has 2 aliphatic rings. The van der Waals surface area contributed by atoms with Crippen LogP contribution in [0.25, 0.3) is 0 Å². The van der Waals surface area contributed by atoms with Gasteiger partial charge in [0.25, 0.3) is 0 Å². The Balaban J connectivity index is 1.53. The lowest BCUT2D eigenvalue weighted by atomic mass is 9.77. The molecule has 0 saturated heterocycles. The van der Waals surface area contributed by atoms with E-state index in [0.717, 1.165) is 17.8 Å². The van der Waals surface area contributed by atoms with Gasteiger partial charge in [0, 0.05) is 0 Å². The van der Waals surface area contributed by atoms with Crippen LogP contribution in [0.1, 0.15) is 90.4 Å². The molecule has 0 N–H and O–H groups in total. The summed E-state index contributed by atoms with van der Waals surface area (Å²) in [5.41, 5.74) is 0. The van der Waals surface area contributed by atoms with Crippen LogP contribution in [0.4, 0.5) is 0 Å². The van der Waals surface area contributed by atoms with Gasteiger partial charge in [0.05, 0.1) is 0 Å². The molecule has 2 saturated carbocycles. The van der Waals surface area contributed by atoms with E-state index >= 15 is 0 Å². The fraction of sp³-hybridized carbons (Fsp3) is 0.895. The van der Waals surface area contributed by atoms with Crippen LogP contribution in [0.3, 0.4) is 0 Å². The first kappa shape index (κ1) is 15.1. The van der Waals surface area contributed by atoms with Gasteiger partial charge in [-0.25, -0.2) is 0 Å². The van der Waals surface area contributed by atoms with E-state index in [1.54, 1.807) is 6.42 Å². The highest BCUT2D eigenvalue weighted by Crippen LogP contribution is 2.35. The molecule has 0 heterocycles. The van der Waals surface area contributed by atoms with Gasteiger partial charge >= 0.3 is 0 Å². The van der Waals surface area contributed by atoms with Crippen molar-refractivity contribution in [2.45, 2.75) is 90.4 Å². The van der Waals surface area contributed by atoms with Gasteiger partial charge in [-0.2, -0.15) is 0 Å². The molecule has 2 rings (SSSR count). The molecule has 0 radical (unpaired) electrons. The van der Waals surface area contributed by atoms with E-state index in [-0.39, 0.29) is 0 Å². The molecule has 0 aromatic rings. The van der Waals surface area contributed by atoms with Crippen molar-refractivity contribution in [2.24, 2.45) is 17.8 Å². The fourth-order valence-corrected chi connectivity index (χ4v) is 4.26. The molecule has 0 atom stereocenters. The van der Waals surface area contributed by atoms with Gasteiger partial charge < -0.3 is 0 Å². The van der Waals surface area contributed by atoms with Crippen molar-refractivity contribution < 1.29 is 0 Å². The molecule has 2 fully saturated rings. The molecular formula is C19H34. The second-order valence-electron chi connectivity index (χ2n) is 7.13. The minimum Gasteiger partial charge on any atom is -0.0917 e. The molecule has 0 heteroatoms. The van der Waals surface area contributed by atoms with Crippen molar-refractivity contribution in [3.05, 3.63) is 12.2 Å². The lowest BCUT2D eigenvalue weighted by Crippen LogP contribution is -2.14. The van der Waals surface area contributed by atoms with Gasteiger partial charge in [-0.05, 0) is 43.9 Å². The minimum absolute atomic E-state index is 1.01. The molecule has 0 amide bonds. The number of rotatable bonds is 6. The Morgan fingerprint density at radius 3 is 1.95 bits per heavy atom. The second-order valence-corrected chi connectivity index (χ2v) is 7.13. The molecule has 0 aromatic heterocycles. The maximum atomic E-state index is 2.37. The molecule has 0 spiro atoms. The summed E-state index contributed by atoms with van der Waals surface area (Å²) in [5.74, 6) is 3.18. The van der Waals surface area contributed by atoms with Crippen molar-refractivity contribution in [3.8, 4) is 0 Å². The quantitative estimate of drug-likeness (QED) is 0.479. The third kappa shape index (κ3) is 5.71. The van der Waals surface area contributed by atoms with Crippen molar-refractivity contribution >= 4 is 0 Å². The first-order chi connectivity index (χ1) is 9.38. The zero-order chi connectivity index (χ0) is 13.3. The largest absolute Gasteiger partial charge is 0.0917 e. The molecule has 0 unspecified atom stereocenters. The number of allylic oxidation sites excluding steroid dienone is 2. The molecule has 0 nitrogen and oxygen atoms in total.